The van der Waals surface area contributed by atoms with Gasteiger partial charge in [0.2, 0.25) is 0 Å². The number of rotatable bonds is 6. The SMILES string of the molecule is CCN(CCNC1CSCC(C)(C)C1)C1CC1. The van der Waals surface area contributed by atoms with Gasteiger partial charge in [0, 0.05) is 30.9 Å². The van der Waals surface area contributed by atoms with Gasteiger partial charge in [-0.2, -0.15) is 11.8 Å². The van der Waals surface area contributed by atoms with Crippen LogP contribution in [0.2, 0.25) is 0 Å². The van der Waals surface area contributed by atoms with Gasteiger partial charge in [0.05, 0.1) is 0 Å². The molecular formula is C14H28N2S. The third-order valence-corrected chi connectivity index (χ3v) is 5.54. The van der Waals surface area contributed by atoms with E-state index in [1.807, 2.05) is 0 Å². The summed E-state index contributed by atoms with van der Waals surface area (Å²) >= 11 is 2.12. The first-order chi connectivity index (χ1) is 8.11. The molecule has 1 heterocycles. The van der Waals surface area contributed by atoms with Crippen molar-refractivity contribution in [3.63, 3.8) is 0 Å². The van der Waals surface area contributed by atoms with E-state index in [0.717, 1.165) is 12.1 Å². The van der Waals surface area contributed by atoms with E-state index in [1.54, 1.807) is 0 Å². The average molecular weight is 256 g/mol. The third-order valence-electron chi connectivity index (χ3n) is 3.91. The van der Waals surface area contributed by atoms with E-state index in [2.05, 4.69) is 42.7 Å². The molecule has 17 heavy (non-hydrogen) atoms. The first-order valence-electron chi connectivity index (χ1n) is 7.16. The van der Waals surface area contributed by atoms with Crippen LogP contribution in [0.25, 0.3) is 0 Å². The normalized spacial score (nSPS) is 28.6. The van der Waals surface area contributed by atoms with Crippen molar-refractivity contribution in [2.75, 3.05) is 31.1 Å². The van der Waals surface area contributed by atoms with Crippen LogP contribution in [-0.2, 0) is 0 Å². The number of nitrogens with zero attached hydrogens (tertiary/aromatic N) is 1. The van der Waals surface area contributed by atoms with Crippen LogP contribution in [0.5, 0.6) is 0 Å². The molecule has 0 radical (unpaired) electrons. The Kier molecular flexibility index (Phi) is 4.79. The Bertz CT molecular complexity index is 238. The van der Waals surface area contributed by atoms with E-state index >= 15 is 0 Å². The van der Waals surface area contributed by atoms with Gasteiger partial charge in [-0.1, -0.05) is 20.8 Å². The van der Waals surface area contributed by atoms with Crippen LogP contribution in [0.3, 0.4) is 0 Å². The summed E-state index contributed by atoms with van der Waals surface area (Å²) in [4.78, 5) is 2.63. The highest BCUT2D eigenvalue weighted by Crippen LogP contribution is 2.33. The van der Waals surface area contributed by atoms with Crippen LogP contribution < -0.4 is 5.32 Å². The smallest absolute Gasteiger partial charge is 0.0164 e. The van der Waals surface area contributed by atoms with Gasteiger partial charge in [0.25, 0.3) is 0 Å². The van der Waals surface area contributed by atoms with Crippen molar-refractivity contribution in [1.29, 1.82) is 0 Å². The molecule has 1 aliphatic heterocycles. The molecule has 2 aliphatic rings. The second-order valence-corrected chi connectivity index (χ2v) is 7.42. The van der Waals surface area contributed by atoms with Crippen LogP contribution in [-0.4, -0.2) is 48.1 Å². The summed E-state index contributed by atoms with van der Waals surface area (Å²) in [6, 6.07) is 1.65. The lowest BCUT2D eigenvalue weighted by atomic mass is 9.88. The van der Waals surface area contributed by atoms with E-state index in [-0.39, 0.29) is 0 Å². The minimum absolute atomic E-state index is 0.529. The summed E-state index contributed by atoms with van der Waals surface area (Å²) in [5.74, 6) is 2.63. The largest absolute Gasteiger partial charge is 0.312 e. The monoisotopic (exact) mass is 256 g/mol. The molecule has 0 spiro atoms. The lowest BCUT2D eigenvalue weighted by molar-refractivity contribution is 0.261. The van der Waals surface area contributed by atoms with Crippen molar-refractivity contribution in [3.05, 3.63) is 0 Å². The van der Waals surface area contributed by atoms with E-state index in [1.165, 1.54) is 50.4 Å². The van der Waals surface area contributed by atoms with Gasteiger partial charge in [-0.05, 0) is 37.0 Å². The molecule has 1 saturated heterocycles. The fourth-order valence-electron chi connectivity index (χ4n) is 2.84. The number of hydrogen-bond donors (Lipinski definition) is 1. The third kappa shape index (κ3) is 4.46. The lowest BCUT2D eigenvalue weighted by Crippen LogP contribution is -2.43. The summed E-state index contributed by atoms with van der Waals surface area (Å²) in [7, 11) is 0. The van der Waals surface area contributed by atoms with Gasteiger partial charge in [-0.25, -0.2) is 0 Å². The summed E-state index contributed by atoms with van der Waals surface area (Å²) in [6.07, 6.45) is 4.20. The maximum Gasteiger partial charge on any atom is 0.0164 e. The zero-order chi connectivity index (χ0) is 12.3. The molecule has 0 aromatic heterocycles. The topological polar surface area (TPSA) is 15.3 Å². The fourth-order valence-corrected chi connectivity index (χ4v) is 4.15. The van der Waals surface area contributed by atoms with Crippen LogP contribution in [0.1, 0.15) is 40.0 Å². The second-order valence-electron chi connectivity index (χ2n) is 6.39. The lowest BCUT2D eigenvalue weighted by Gasteiger charge is -2.35. The highest BCUT2D eigenvalue weighted by molar-refractivity contribution is 7.99. The van der Waals surface area contributed by atoms with Gasteiger partial charge >= 0.3 is 0 Å². The fraction of sp³-hybridized carbons (Fsp3) is 1.00. The molecule has 1 unspecified atom stereocenters. The molecule has 0 bridgehead atoms. The van der Waals surface area contributed by atoms with Crippen molar-refractivity contribution in [2.45, 2.75) is 52.1 Å². The Labute approximate surface area is 111 Å². The van der Waals surface area contributed by atoms with E-state index in [9.17, 15) is 0 Å². The molecule has 1 saturated carbocycles. The van der Waals surface area contributed by atoms with Crippen molar-refractivity contribution in [1.82, 2.24) is 10.2 Å². The van der Waals surface area contributed by atoms with Gasteiger partial charge in [-0.3, -0.25) is 4.90 Å². The number of hydrogen-bond acceptors (Lipinski definition) is 3. The van der Waals surface area contributed by atoms with Gasteiger partial charge in [0.1, 0.15) is 0 Å². The standard InChI is InChI=1S/C14H28N2S/c1-4-16(13-5-6-13)8-7-15-12-9-14(2,3)11-17-10-12/h12-13,15H,4-11H2,1-3H3. The highest BCUT2D eigenvalue weighted by atomic mass is 32.2. The predicted molar refractivity (Wildman–Crippen MR) is 77.8 cm³/mol. The molecule has 1 atom stereocenters. The molecular weight excluding hydrogens is 228 g/mol. The molecule has 1 aliphatic carbocycles. The molecule has 1 N–H and O–H groups in total. The Balaban J connectivity index is 1.64. The van der Waals surface area contributed by atoms with Gasteiger partial charge < -0.3 is 5.32 Å². The zero-order valence-corrected chi connectivity index (χ0v) is 12.5. The van der Waals surface area contributed by atoms with Gasteiger partial charge in [-0.15, -0.1) is 0 Å². The molecule has 2 rings (SSSR count). The van der Waals surface area contributed by atoms with Crippen LogP contribution in [0.4, 0.5) is 0 Å². The van der Waals surface area contributed by atoms with E-state index in [0.29, 0.717) is 5.41 Å². The summed E-state index contributed by atoms with van der Waals surface area (Å²) in [5, 5.41) is 3.76. The Morgan fingerprint density at radius 3 is 2.71 bits per heavy atom. The van der Waals surface area contributed by atoms with Crippen LogP contribution in [0, 0.1) is 5.41 Å². The molecule has 3 heteroatoms. The van der Waals surface area contributed by atoms with E-state index < -0.39 is 0 Å². The highest BCUT2D eigenvalue weighted by Gasteiger charge is 2.29. The predicted octanol–water partition coefficient (Wildman–Crippen LogP) is 2.59. The van der Waals surface area contributed by atoms with Crippen LogP contribution in [0.15, 0.2) is 0 Å². The minimum Gasteiger partial charge on any atom is -0.312 e. The van der Waals surface area contributed by atoms with Crippen molar-refractivity contribution < 1.29 is 0 Å². The number of likely N-dealkylation sites (N-methyl/N-ethyl adjacent to an activating group) is 1. The molecule has 100 valence electrons. The Morgan fingerprint density at radius 2 is 2.12 bits per heavy atom. The first-order valence-corrected chi connectivity index (χ1v) is 8.31. The number of thioether (sulfide) groups is 1. The summed E-state index contributed by atoms with van der Waals surface area (Å²) in [5.41, 5.74) is 0.529. The average Bonchev–Trinajstić information content (AvgIpc) is 3.07. The van der Waals surface area contributed by atoms with Crippen molar-refractivity contribution in [3.8, 4) is 0 Å². The Morgan fingerprint density at radius 1 is 1.35 bits per heavy atom. The summed E-state index contributed by atoms with van der Waals surface area (Å²) in [6.45, 7) is 10.7. The van der Waals surface area contributed by atoms with Crippen molar-refractivity contribution >= 4 is 11.8 Å². The summed E-state index contributed by atoms with van der Waals surface area (Å²) < 4.78 is 0. The minimum atomic E-state index is 0.529. The molecule has 0 aromatic carbocycles. The number of nitrogens with one attached hydrogen (secondary N) is 1. The molecule has 2 nitrogen and oxygen atoms in total. The second kappa shape index (κ2) is 5.94. The van der Waals surface area contributed by atoms with E-state index in [4.69, 9.17) is 0 Å². The quantitative estimate of drug-likeness (QED) is 0.786. The molecule has 0 aromatic rings. The maximum atomic E-state index is 3.76. The van der Waals surface area contributed by atoms with Crippen molar-refractivity contribution in [2.24, 2.45) is 5.41 Å². The maximum absolute atomic E-state index is 3.76. The molecule has 0 amide bonds. The van der Waals surface area contributed by atoms with Crippen LogP contribution >= 0.6 is 11.8 Å². The first kappa shape index (κ1) is 13.7. The Hall–Kier alpha value is 0.270. The molecule has 2 fully saturated rings. The zero-order valence-electron chi connectivity index (χ0n) is 11.7. The van der Waals surface area contributed by atoms with Gasteiger partial charge in [0.15, 0.2) is 0 Å².